The Labute approximate surface area is 142 Å². The fourth-order valence-electron chi connectivity index (χ4n) is 3.59. The van der Waals surface area contributed by atoms with E-state index in [1.807, 2.05) is 31.2 Å². The summed E-state index contributed by atoms with van der Waals surface area (Å²) in [4.78, 5) is 12.4. The summed E-state index contributed by atoms with van der Waals surface area (Å²) in [6.45, 7) is 2.34. The number of benzene rings is 1. The topological polar surface area (TPSA) is 82.6 Å². The molecule has 1 aliphatic heterocycles. The van der Waals surface area contributed by atoms with Crippen LogP contribution in [0.3, 0.4) is 0 Å². The molecule has 3 rings (SSSR count). The molecule has 132 valence electrons. The lowest BCUT2D eigenvalue weighted by Gasteiger charge is -2.26. The molecule has 0 spiro atoms. The third-order valence-electron chi connectivity index (χ3n) is 4.90. The first-order valence-electron chi connectivity index (χ1n) is 8.80. The van der Waals surface area contributed by atoms with Crippen LogP contribution in [0.15, 0.2) is 24.3 Å². The Balaban J connectivity index is 1.41. The molecule has 2 fully saturated rings. The van der Waals surface area contributed by atoms with Crippen molar-refractivity contribution < 1.29 is 14.6 Å². The molecule has 4 atom stereocenters. The molecular formula is C18H27N3O3. The van der Waals surface area contributed by atoms with Crippen LogP contribution in [-0.2, 0) is 4.79 Å². The first-order valence-corrected chi connectivity index (χ1v) is 8.80. The van der Waals surface area contributed by atoms with E-state index >= 15 is 0 Å². The van der Waals surface area contributed by atoms with Crippen molar-refractivity contribution in [3.8, 4) is 5.75 Å². The maximum atomic E-state index is 12.4. The van der Waals surface area contributed by atoms with Gasteiger partial charge in [-0.15, -0.1) is 0 Å². The van der Waals surface area contributed by atoms with E-state index < -0.39 is 6.10 Å². The first kappa shape index (κ1) is 17.2. The molecule has 6 nitrogen and oxygen atoms in total. The van der Waals surface area contributed by atoms with E-state index in [2.05, 4.69) is 16.2 Å². The highest BCUT2D eigenvalue weighted by Crippen LogP contribution is 2.30. The Kier molecular flexibility index (Phi) is 5.71. The van der Waals surface area contributed by atoms with Gasteiger partial charge in [0.1, 0.15) is 24.5 Å². The molecule has 0 aromatic heterocycles. The Morgan fingerprint density at radius 3 is 3.04 bits per heavy atom. The lowest BCUT2D eigenvalue weighted by molar-refractivity contribution is -0.124. The van der Waals surface area contributed by atoms with Gasteiger partial charge in [-0.1, -0.05) is 25.0 Å². The summed E-state index contributed by atoms with van der Waals surface area (Å²) in [5.74, 6) is 1.03. The summed E-state index contributed by atoms with van der Waals surface area (Å²) in [6.07, 6.45) is 3.86. The van der Waals surface area contributed by atoms with Crippen LogP contribution >= 0.6 is 0 Å². The molecule has 4 N–H and O–H groups in total. The molecule has 0 bridgehead atoms. The van der Waals surface area contributed by atoms with E-state index in [4.69, 9.17) is 4.74 Å². The predicted octanol–water partition coefficient (Wildman–Crippen LogP) is 0.886. The Bertz CT molecular complexity index is 566. The van der Waals surface area contributed by atoms with Crippen molar-refractivity contribution in [3.63, 3.8) is 0 Å². The fraction of sp³-hybridized carbons (Fsp3) is 0.611. The maximum Gasteiger partial charge on any atom is 0.238 e. The van der Waals surface area contributed by atoms with Gasteiger partial charge >= 0.3 is 0 Å². The minimum Gasteiger partial charge on any atom is -0.491 e. The molecule has 1 aromatic rings. The van der Waals surface area contributed by atoms with Crippen LogP contribution in [0.4, 0.5) is 0 Å². The average molecular weight is 333 g/mol. The zero-order valence-electron chi connectivity index (χ0n) is 14.1. The van der Waals surface area contributed by atoms with Crippen molar-refractivity contribution in [2.45, 2.75) is 50.8 Å². The number of ether oxygens (including phenoxy) is 1. The van der Waals surface area contributed by atoms with Gasteiger partial charge in [0, 0.05) is 18.5 Å². The van der Waals surface area contributed by atoms with Gasteiger partial charge in [0.2, 0.25) is 5.91 Å². The van der Waals surface area contributed by atoms with Gasteiger partial charge in [0.15, 0.2) is 0 Å². The van der Waals surface area contributed by atoms with E-state index in [1.165, 1.54) is 12.8 Å². The second-order valence-corrected chi connectivity index (χ2v) is 6.85. The summed E-state index contributed by atoms with van der Waals surface area (Å²) in [7, 11) is 0. The molecule has 0 radical (unpaired) electrons. The van der Waals surface area contributed by atoms with Crippen LogP contribution in [-0.4, -0.2) is 42.4 Å². The number of nitrogens with one attached hydrogen (secondary N) is 3. The molecular weight excluding hydrogens is 306 g/mol. The summed E-state index contributed by atoms with van der Waals surface area (Å²) in [5, 5.41) is 12.9. The first-order chi connectivity index (χ1) is 11.6. The standard InChI is InChI=1S/C18H27N3O3/c1-12-5-4-6-14(9-12)24-11-13(22)10-19-18(23)17-15-7-2-3-8-16(15)20-21-17/h4-6,9,13,15-17,20-22H,2-3,7-8,10-11H2,1H3,(H,19,23). The molecule has 4 unspecified atom stereocenters. The minimum absolute atomic E-state index is 0.0495. The summed E-state index contributed by atoms with van der Waals surface area (Å²) >= 11 is 0. The molecule has 1 heterocycles. The normalized spacial score (nSPS) is 27.3. The summed E-state index contributed by atoms with van der Waals surface area (Å²) < 4.78 is 5.56. The monoisotopic (exact) mass is 333 g/mol. The van der Waals surface area contributed by atoms with Crippen molar-refractivity contribution in [2.24, 2.45) is 5.92 Å². The Morgan fingerprint density at radius 2 is 2.21 bits per heavy atom. The number of hydrogen-bond acceptors (Lipinski definition) is 5. The van der Waals surface area contributed by atoms with Crippen LogP contribution in [0.5, 0.6) is 5.75 Å². The maximum absolute atomic E-state index is 12.4. The van der Waals surface area contributed by atoms with E-state index in [0.29, 0.717) is 12.0 Å². The van der Waals surface area contributed by atoms with E-state index in [-0.39, 0.29) is 25.1 Å². The van der Waals surface area contributed by atoms with Gasteiger partial charge < -0.3 is 15.2 Å². The van der Waals surface area contributed by atoms with Crippen molar-refractivity contribution in [1.82, 2.24) is 16.2 Å². The SMILES string of the molecule is Cc1cccc(OCC(O)CNC(=O)C2NNC3CCCCC32)c1. The van der Waals surface area contributed by atoms with Gasteiger partial charge in [-0.3, -0.25) is 10.2 Å². The van der Waals surface area contributed by atoms with E-state index in [0.717, 1.165) is 24.2 Å². The van der Waals surface area contributed by atoms with Gasteiger partial charge in [0.05, 0.1) is 0 Å². The zero-order valence-corrected chi connectivity index (χ0v) is 14.1. The molecule has 1 saturated carbocycles. The van der Waals surface area contributed by atoms with Crippen molar-refractivity contribution >= 4 is 5.91 Å². The number of amides is 1. The van der Waals surface area contributed by atoms with Crippen molar-refractivity contribution in [3.05, 3.63) is 29.8 Å². The number of hydrazine groups is 1. The predicted molar refractivity (Wildman–Crippen MR) is 91.5 cm³/mol. The third-order valence-corrected chi connectivity index (χ3v) is 4.90. The molecule has 24 heavy (non-hydrogen) atoms. The Hall–Kier alpha value is -1.63. The molecule has 1 aromatic carbocycles. The van der Waals surface area contributed by atoms with E-state index in [1.54, 1.807) is 0 Å². The van der Waals surface area contributed by atoms with Crippen molar-refractivity contribution in [1.29, 1.82) is 0 Å². The number of fused-ring (bicyclic) bond motifs is 1. The number of aliphatic hydroxyl groups is 1. The zero-order chi connectivity index (χ0) is 16.9. The van der Waals surface area contributed by atoms with Gasteiger partial charge in [-0.05, 0) is 37.5 Å². The van der Waals surface area contributed by atoms with E-state index in [9.17, 15) is 9.90 Å². The highest BCUT2D eigenvalue weighted by Gasteiger charge is 2.40. The van der Waals surface area contributed by atoms with Crippen LogP contribution in [0.2, 0.25) is 0 Å². The Morgan fingerprint density at radius 1 is 1.38 bits per heavy atom. The lowest BCUT2D eigenvalue weighted by Crippen LogP contribution is -2.48. The molecule has 2 aliphatic rings. The van der Waals surface area contributed by atoms with Crippen LogP contribution in [0, 0.1) is 12.8 Å². The largest absolute Gasteiger partial charge is 0.491 e. The quantitative estimate of drug-likeness (QED) is 0.621. The number of hydrogen-bond donors (Lipinski definition) is 4. The van der Waals surface area contributed by atoms with Gasteiger partial charge in [-0.25, -0.2) is 5.43 Å². The third kappa shape index (κ3) is 4.26. The summed E-state index contributed by atoms with van der Waals surface area (Å²) in [5.41, 5.74) is 7.45. The second-order valence-electron chi connectivity index (χ2n) is 6.85. The lowest BCUT2D eigenvalue weighted by atomic mass is 9.81. The fourth-order valence-corrected chi connectivity index (χ4v) is 3.59. The second kappa shape index (κ2) is 7.96. The number of rotatable bonds is 6. The molecule has 1 amide bonds. The smallest absolute Gasteiger partial charge is 0.238 e. The van der Waals surface area contributed by atoms with Gasteiger partial charge in [-0.2, -0.15) is 0 Å². The number of aryl methyl sites for hydroxylation is 1. The number of aliphatic hydroxyl groups excluding tert-OH is 1. The molecule has 1 aliphatic carbocycles. The highest BCUT2D eigenvalue weighted by molar-refractivity contribution is 5.82. The van der Waals surface area contributed by atoms with Crippen LogP contribution in [0.1, 0.15) is 31.2 Å². The number of carbonyl (C=O) groups is 1. The van der Waals surface area contributed by atoms with Gasteiger partial charge in [0.25, 0.3) is 0 Å². The molecule has 6 heteroatoms. The highest BCUT2D eigenvalue weighted by atomic mass is 16.5. The van der Waals surface area contributed by atoms with Crippen molar-refractivity contribution in [2.75, 3.05) is 13.2 Å². The number of carbonyl (C=O) groups excluding carboxylic acids is 1. The average Bonchev–Trinajstić information content (AvgIpc) is 3.02. The van der Waals surface area contributed by atoms with Crippen LogP contribution < -0.4 is 20.9 Å². The summed E-state index contributed by atoms with van der Waals surface area (Å²) in [6, 6.07) is 7.87. The molecule has 1 saturated heterocycles. The van der Waals surface area contributed by atoms with Crippen LogP contribution in [0.25, 0.3) is 0 Å². The minimum atomic E-state index is -0.731.